The van der Waals surface area contributed by atoms with Gasteiger partial charge in [0.1, 0.15) is 5.56 Å². The van der Waals surface area contributed by atoms with E-state index in [4.69, 9.17) is 4.74 Å². The number of unbranched alkanes of at least 4 members (excludes halogenated alkanes) is 1. The lowest BCUT2D eigenvalue weighted by Crippen LogP contribution is -2.16. The van der Waals surface area contributed by atoms with Crippen molar-refractivity contribution in [1.29, 1.82) is 0 Å². The van der Waals surface area contributed by atoms with Crippen molar-refractivity contribution < 1.29 is 24.5 Å². The third-order valence-electron chi connectivity index (χ3n) is 8.02. The van der Waals surface area contributed by atoms with Crippen molar-refractivity contribution in [2.75, 3.05) is 6.61 Å². The molecule has 214 valence electrons. The Kier molecular flexibility index (Phi) is 8.34. The molecule has 0 atom stereocenters. The Bertz CT molecular complexity index is 1740. The number of hydrogen-bond donors (Lipinski definition) is 2. The van der Waals surface area contributed by atoms with Gasteiger partial charge in [0.05, 0.1) is 24.2 Å². The molecule has 0 heterocycles. The second kappa shape index (κ2) is 12.1. The minimum absolute atomic E-state index is 0.0379. The number of aromatic hydroxyl groups is 1. The van der Waals surface area contributed by atoms with Crippen LogP contribution in [0.15, 0.2) is 65.5 Å². The zero-order valence-electron chi connectivity index (χ0n) is 24.3. The first-order chi connectivity index (χ1) is 20.2. The minimum atomic E-state index is -0.895. The number of carbonyl (C=O) groups is 2. The van der Waals surface area contributed by atoms with Crippen LogP contribution in [-0.2, 0) is 27.2 Å². The first-order valence-corrected chi connectivity index (χ1v) is 14.5. The molecule has 0 aromatic heterocycles. The van der Waals surface area contributed by atoms with E-state index in [9.17, 15) is 24.6 Å². The quantitative estimate of drug-likeness (QED) is 0.0989. The van der Waals surface area contributed by atoms with Gasteiger partial charge in [0, 0.05) is 28.7 Å². The van der Waals surface area contributed by atoms with Crippen molar-refractivity contribution in [1.82, 2.24) is 0 Å². The number of carboxylic acids is 1. The van der Waals surface area contributed by atoms with Crippen molar-refractivity contribution in [3.63, 3.8) is 0 Å². The van der Waals surface area contributed by atoms with Crippen molar-refractivity contribution in [3.05, 3.63) is 93.1 Å². The number of aryl methyl sites for hydroxylation is 4. The smallest absolute Gasteiger partial charge is 0.306 e. The van der Waals surface area contributed by atoms with E-state index in [2.05, 4.69) is 0 Å². The molecular weight excluding hydrogens is 528 g/mol. The zero-order chi connectivity index (χ0) is 30.0. The van der Waals surface area contributed by atoms with Crippen LogP contribution in [0.2, 0.25) is 0 Å². The molecule has 2 N–H and O–H groups in total. The van der Waals surface area contributed by atoms with Crippen LogP contribution in [0, 0.1) is 13.8 Å². The van der Waals surface area contributed by atoms with Gasteiger partial charge in [-0.2, -0.15) is 0 Å². The van der Waals surface area contributed by atoms with Crippen LogP contribution >= 0.6 is 0 Å². The van der Waals surface area contributed by atoms with Crippen molar-refractivity contribution in [2.24, 2.45) is 0 Å². The largest absolute Gasteiger partial charge is 0.494 e. The number of carbonyl (C=O) groups excluding carboxylic acids is 1. The number of aliphatic carboxylic acids is 1. The molecule has 6 heteroatoms. The highest BCUT2D eigenvalue weighted by Gasteiger charge is 2.38. The summed E-state index contributed by atoms with van der Waals surface area (Å²) in [4.78, 5) is 37.7. The van der Waals surface area contributed by atoms with Crippen molar-refractivity contribution in [2.45, 2.75) is 59.3 Å². The van der Waals surface area contributed by atoms with Gasteiger partial charge in [0.2, 0.25) is 5.75 Å². The molecule has 4 aliphatic carbocycles. The summed E-state index contributed by atoms with van der Waals surface area (Å²) in [5.41, 5.74) is 8.55. The number of fused-ring (bicyclic) bond motifs is 2. The van der Waals surface area contributed by atoms with Gasteiger partial charge >= 0.3 is 11.9 Å². The summed E-state index contributed by atoms with van der Waals surface area (Å²) in [6.07, 6.45) is 2.71. The van der Waals surface area contributed by atoms with Crippen LogP contribution in [0.4, 0.5) is 0 Å². The van der Waals surface area contributed by atoms with E-state index in [1.807, 2.05) is 81.4 Å². The summed E-state index contributed by atoms with van der Waals surface area (Å²) in [7, 11) is 0. The number of carboxylic acid groups (broad SMARTS) is 1. The lowest BCUT2D eigenvalue weighted by atomic mass is 9.84. The first-order valence-electron chi connectivity index (χ1n) is 14.5. The van der Waals surface area contributed by atoms with E-state index >= 15 is 0 Å². The Hall–Kier alpha value is -4.58. The van der Waals surface area contributed by atoms with Crippen molar-refractivity contribution in [3.8, 4) is 50.3 Å². The molecule has 0 fully saturated rings. The fourth-order valence-electron chi connectivity index (χ4n) is 6.03. The first kappa shape index (κ1) is 28.9. The molecule has 1 aromatic rings. The van der Waals surface area contributed by atoms with Crippen LogP contribution in [0.1, 0.15) is 54.9 Å². The molecule has 5 rings (SSSR count). The van der Waals surface area contributed by atoms with E-state index in [0.29, 0.717) is 30.6 Å². The van der Waals surface area contributed by atoms with Gasteiger partial charge in [0.15, 0.2) is 5.56 Å². The van der Waals surface area contributed by atoms with Gasteiger partial charge in [0.25, 0.3) is 5.43 Å². The third kappa shape index (κ3) is 5.37. The SMILES string of the molecule is CCCCOC(=O)CCc1ccccc2cc(C)c(-c3c(O)[c+](-c4c(C)cc5ccccc(CCC(=O)O)c4-5)c3=O)c1-2. The average Bonchev–Trinajstić information content (AvgIpc) is 3.24. The molecule has 1 aromatic carbocycles. The van der Waals surface area contributed by atoms with Gasteiger partial charge in [-0.15, -0.1) is 0 Å². The van der Waals surface area contributed by atoms with Crippen LogP contribution in [0.5, 0.6) is 5.75 Å². The van der Waals surface area contributed by atoms with Crippen molar-refractivity contribution >= 4 is 11.9 Å². The predicted octanol–water partition coefficient (Wildman–Crippen LogP) is 7.36. The average molecular weight is 564 g/mol. The van der Waals surface area contributed by atoms with E-state index in [1.54, 1.807) is 0 Å². The normalized spacial score (nSPS) is 11.4. The maximum absolute atomic E-state index is 14.0. The van der Waals surface area contributed by atoms with Gasteiger partial charge in [-0.1, -0.05) is 61.9 Å². The van der Waals surface area contributed by atoms with Gasteiger partial charge < -0.3 is 14.9 Å². The predicted molar refractivity (Wildman–Crippen MR) is 165 cm³/mol. The van der Waals surface area contributed by atoms with E-state index in [-0.39, 0.29) is 41.1 Å². The lowest BCUT2D eigenvalue weighted by molar-refractivity contribution is -0.143. The third-order valence-corrected chi connectivity index (χ3v) is 8.02. The molecule has 0 saturated heterocycles. The summed E-state index contributed by atoms with van der Waals surface area (Å²) in [6.45, 7) is 6.29. The second-order valence-corrected chi connectivity index (χ2v) is 10.9. The number of esters is 1. The van der Waals surface area contributed by atoms with Gasteiger partial charge in [-0.25, -0.2) is 0 Å². The van der Waals surface area contributed by atoms with Crippen LogP contribution in [0.25, 0.3) is 44.5 Å². The van der Waals surface area contributed by atoms with E-state index < -0.39 is 5.97 Å². The fourth-order valence-corrected chi connectivity index (χ4v) is 6.03. The lowest BCUT2D eigenvalue weighted by Gasteiger charge is -2.14. The summed E-state index contributed by atoms with van der Waals surface area (Å²) >= 11 is 0. The molecular formula is C36H35O6+. The molecule has 0 amide bonds. The van der Waals surface area contributed by atoms with E-state index in [0.717, 1.165) is 57.3 Å². The number of ether oxygens (including phenoxy) is 1. The Labute approximate surface area is 245 Å². The van der Waals surface area contributed by atoms with Gasteiger partial charge in [-0.3, -0.25) is 14.4 Å². The van der Waals surface area contributed by atoms with E-state index in [1.165, 1.54) is 0 Å². The van der Waals surface area contributed by atoms with Crippen LogP contribution < -0.4 is 5.43 Å². The molecule has 0 bridgehead atoms. The Morgan fingerprint density at radius 3 is 2.05 bits per heavy atom. The summed E-state index contributed by atoms with van der Waals surface area (Å²) in [6, 6.07) is 19.3. The molecule has 0 unspecified atom stereocenters. The highest BCUT2D eigenvalue weighted by Crippen LogP contribution is 2.51. The maximum atomic E-state index is 14.0. The molecule has 6 nitrogen and oxygen atoms in total. The highest BCUT2D eigenvalue weighted by atomic mass is 16.5. The molecule has 0 aliphatic heterocycles. The topological polar surface area (TPSA) is 101 Å². The standard InChI is InChI=1S/C36H34O6/c1-4-5-18-42-28(39)17-15-24-11-7-9-13-26-20-22(3)30(32(24)26)34-35(40)33(36(34)41)29-21(2)19-25-12-8-6-10-23(31(25)29)14-16-27(37)38/h6-13,19-20H,4-5,14-18H2,1-3H3,(H-,37,38,40,41)/p+1. The van der Waals surface area contributed by atoms with Crippen LogP contribution in [-0.4, -0.2) is 28.8 Å². The van der Waals surface area contributed by atoms with Crippen LogP contribution in [0.3, 0.4) is 0 Å². The summed E-state index contributed by atoms with van der Waals surface area (Å²) in [5, 5.41) is 20.9. The fraction of sp³-hybridized carbons (Fsp3) is 0.278. The molecule has 0 radical (unpaired) electrons. The Balaban J connectivity index is 1.59. The molecule has 0 spiro atoms. The molecule has 0 saturated carbocycles. The Morgan fingerprint density at radius 1 is 0.810 bits per heavy atom. The maximum Gasteiger partial charge on any atom is 0.306 e. The summed E-state index contributed by atoms with van der Waals surface area (Å²) < 4.78 is 5.36. The number of rotatable bonds is 11. The number of hydrogen-bond acceptors (Lipinski definition) is 5. The second-order valence-electron chi connectivity index (χ2n) is 10.9. The van der Waals surface area contributed by atoms with Gasteiger partial charge in [-0.05, 0) is 67.5 Å². The summed E-state index contributed by atoms with van der Waals surface area (Å²) in [5.74, 6) is -1.21. The zero-order valence-corrected chi connectivity index (χ0v) is 24.3. The highest BCUT2D eigenvalue weighted by molar-refractivity contribution is 6.03. The molecule has 4 aliphatic rings. The Morgan fingerprint density at radius 2 is 1.40 bits per heavy atom. The monoisotopic (exact) mass is 563 g/mol. The minimum Gasteiger partial charge on any atom is -0.494 e. The molecule has 42 heavy (non-hydrogen) atoms.